The highest BCUT2D eigenvalue weighted by atomic mass is 16.6. The molecule has 0 bridgehead atoms. The number of ether oxygens (including phenoxy) is 3. The van der Waals surface area contributed by atoms with Gasteiger partial charge < -0.3 is 23.8 Å². The van der Waals surface area contributed by atoms with E-state index in [0.717, 1.165) is 57.8 Å². The molecule has 0 aliphatic carbocycles. The quantitative estimate of drug-likeness (QED) is 0.0313. The maximum atomic E-state index is 12.6. The number of carboxylic acid groups (broad SMARTS) is 1. The predicted octanol–water partition coefficient (Wildman–Crippen LogP) is 10.0. The van der Waals surface area contributed by atoms with Crippen molar-refractivity contribution in [2.24, 2.45) is 0 Å². The molecular formula is C43H72NO7+. The molecule has 2 atom stereocenters. The minimum Gasteiger partial charge on any atom is -0.477 e. The van der Waals surface area contributed by atoms with E-state index in [1.165, 1.54) is 32.1 Å². The summed E-state index contributed by atoms with van der Waals surface area (Å²) in [5.74, 6) is -1.65. The number of carboxylic acids is 1. The fourth-order valence-electron chi connectivity index (χ4n) is 5.10. The third-order valence-electron chi connectivity index (χ3n) is 8.12. The lowest BCUT2D eigenvalue weighted by atomic mass is 10.1. The molecule has 0 aliphatic heterocycles. The van der Waals surface area contributed by atoms with Gasteiger partial charge in [0.25, 0.3) is 0 Å². The van der Waals surface area contributed by atoms with Gasteiger partial charge in [-0.05, 0) is 64.2 Å². The molecule has 0 radical (unpaired) electrons. The highest BCUT2D eigenvalue weighted by Crippen LogP contribution is 2.11. The van der Waals surface area contributed by atoms with Crippen LogP contribution in [0.2, 0.25) is 0 Å². The third-order valence-corrected chi connectivity index (χ3v) is 8.12. The first-order valence-corrected chi connectivity index (χ1v) is 19.5. The van der Waals surface area contributed by atoms with Crippen molar-refractivity contribution in [2.45, 2.75) is 142 Å². The Morgan fingerprint density at radius 3 is 1.71 bits per heavy atom. The largest absolute Gasteiger partial charge is 0.477 e. The number of likely N-dealkylation sites (N-methyl/N-ethyl adjacent to an activating group) is 1. The number of rotatable bonds is 33. The molecule has 1 N–H and O–H groups in total. The van der Waals surface area contributed by atoms with Gasteiger partial charge in [-0.3, -0.25) is 9.59 Å². The first kappa shape index (κ1) is 47.8. The van der Waals surface area contributed by atoms with Crippen LogP contribution >= 0.6 is 0 Å². The number of esters is 2. The molecule has 0 spiro atoms. The van der Waals surface area contributed by atoms with Gasteiger partial charge in [-0.25, -0.2) is 4.79 Å². The molecule has 0 aromatic carbocycles. The number of aliphatic carboxylic acids is 1. The Hall–Kier alpha value is -3.23. The molecule has 0 heterocycles. The van der Waals surface area contributed by atoms with Crippen LogP contribution in [-0.4, -0.2) is 80.6 Å². The minimum atomic E-state index is -0.894. The molecule has 2 unspecified atom stereocenters. The van der Waals surface area contributed by atoms with E-state index in [2.05, 4.69) is 74.6 Å². The van der Waals surface area contributed by atoms with Crippen LogP contribution in [0.5, 0.6) is 0 Å². The van der Waals surface area contributed by atoms with E-state index in [1.807, 2.05) is 27.2 Å². The molecule has 0 aromatic heterocycles. The number of nitrogens with zero attached hydrogens (tertiary/aromatic N) is 1. The van der Waals surface area contributed by atoms with Crippen molar-refractivity contribution < 1.29 is 38.2 Å². The van der Waals surface area contributed by atoms with Gasteiger partial charge in [0.1, 0.15) is 6.61 Å². The number of unbranched alkanes of at least 4 members (excludes halogenated alkanes) is 8. The average molecular weight is 715 g/mol. The summed E-state index contributed by atoms with van der Waals surface area (Å²) in [6.45, 7) is 4.45. The van der Waals surface area contributed by atoms with Gasteiger partial charge in [0.2, 0.25) is 0 Å². The van der Waals surface area contributed by atoms with Crippen molar-refractivity contribution in [3.05, 3.63) is 72.9 Å². The number of hydrogen-bond acceptors (Lipinski definition) is 6. The maximum Gasteiger partial charge on any atom is 0.362 e. The number of hydrogen-bond donors (Lipinski definition) is 1. The number of carbonyl (C=O) groups is 3. The highest BCUT2D eigenvalue weighted by molar-refractivity contribution is 5.72. The van der Waals surface area contributed by atoms with Gasteiger partial charge in [-0.2, -0.15) is 0 Å². The molecule has 51 heavy (non-hydrogen) atoms. The van der Waals surface area contributed by atoms with Gasteiger partial charge in [0, 0.05) is 12.8 Å². The van der Waals surface area contributed by atoms with E-state index in [9.17, 15) is 19.5 Å². The van der Waals surface area contributed by atoms with Crippen molar-refractivity contribution in [1.82, 2.24) is 0 Å². The van der Waals surface area contributed by atoms with E-state index < -0.39 is 24.1 Å². The summed E-state index contributed by atoms with van der Waals surface area (Å²) in [6, 6.07) is -0.633. The van der Waals surface area contributed by atoms with E-state index in [-0.39, 0.29) is 36.7 Å². The normalized spacial score (nSPS) is 13.8. The Bertz CT molecular complexity index is 1060. The van der Waals surface area contributed by atoms with Crippen LogP contribution in [-0.2, 0) is 28.6 Å². The predicted molar refractivity (Wildman–Crippen MR) is 210 cm³/mol. The molecule has 0 fully saturated rings. The summed E-state index contributed by atoms with van der Waals surface area (Å²) >= 11 is 0. The van der Waals surface area contributed by atoms with E-state index in [1.54, 1.807) is 6.08 Å². The summed E-state index contributed by atoms with van der Waals surface area (Å²) < 4.78 is 17.1. The smallest absolute Gasteiger partial charge is 0.362 e. The average Bonchev–Trinajstić information content (AvgIpc) is 3.08. The second kappa shape index (κ2) is 33.9. The van der Waals surface area contributed by atoms with Gasteiger partial charge in [-0.15, -0.1) is 0 Å². The van der Waals surface area contributed by atoms with Gasteiger partial charge in [-0.1, -0.05) is 119 Å². The van der Waals surface area contributed by atoms with Gasteiger partial charge >= 0.3 is 17.9 Å². The first-order chi connectivity index (χ1) is 24.6. The van der Waals surface area contributed by atoms with Crippen LogP contribution in [0.3, 0.4) is 0 Å². The third kappa shape index (κ3) is 32.4. The Labute approximate surface area is 311 Å². The van der Waals surface area contributed by atoms with Crippen LogP contribution < -0.4 is 0 Å². The lowest BCUT2D eigenvalue weighted by Crippen LogP contribution is -2.50. The molecule has 0 rings (SSSR count). The zero-order valence-corrected chi connectivity index (χ0v) is 32.8. The topological polar surface area (TPSA) is 99.1 Å². The molecule has 0 aliphatic rings. The fraction of sp³-hybridized carbons (Fsp3) is 0.651. The molecule has 0 saturated carbocycles. The zero-order valence-electron chi connectivity index (χ0n) is 32.8. The SMILES string of the molecule is CC/C=C\C/C=C\C/C=C\C/C=C\C/C=C\CC(=O)OC(COCCC(C(=O)O)[N+](C)(C)C)COC(=O)CCCCCCC/C=C\CCCCC. The van der Waals surface area contributed by atoms with Crippen molar-refractivity contribution in [3.8, 4) is 0 Å². The van der Waals surface area contributed by atoms with E-state index in [0.29, 0.717) is 19.3 Å². The minimum absolute atomic E-state index is 0.0151. The second-order valence-corrected chi connectivity index (χ2v) is 13.8. The van der Waals surface area contributed by atoms with E-state index >= 15 is 0 Å². The highest BCUT2D eigenvalue weighted by Gasteiger charge is 2.31. The molecule has 8 heteroatoms. The van der Waals surface area contributed by atoms with Crippen molar-refractivity contribution in [3.63, 3.8) is 0 Å². The summed E-state index contributed by atoms with van der Waals surface area (Å²) in [5, 5.41) is 9.58. The number of quaternary nitrogens is 1. The summed E-state index contributed by atoms with van der Waals surface area (Å²) in [5.41, 5.74) is 0. The maximum absolute atomic E-state index is 12.6. The van der Waals surface area contributed by atoms with Gasteiger partial charge in [0.05, 0.1) is 40.8 Å². The molecule has 8 nitrogen and oxygen atoms in total. The number of carbonyl (C=O) groups excluding carboxylic acids is 2. The van der Waals surface area contributed by atoms with Crippen molar-refractivity contribution in [1.29, 1.82) is 0 Å². The standard InChI is InChI=1S/C43H71NO7/c1-6-8-10-12-14-16-18-20-21-22-24-26-28-30-32-34-42(46)51-39(37-49-36-35-40(43(47)48)44(3,4)5)38-50-41(45)33-31-29-27-25-23-19-17-15-13-11-9-7-2/h8,10,14-17,20-21,24,26,30,32,39-40H,6-7,9,11-13,18-19,22-23,25,27-29,31,33-38H2,1-5H3/p+1/b10-8-,16-14-,17-15-,21-20-,26-24-,32-30-. The van der Waals surface area contributed by atoms with Crippen LogP contribution in [0.1, 0.15) is 129 Å². The lowest BCUT2D eigenvalue weighted by molar-refractivity contribution is -0.887. The number of allylic oxidation sites excluding steroid dienone is 11. The monoisotopic (exact) mass is 715 g/mol. The summed E-state index contributed by atoms with van der Waals surface area (Å²) in [7, 11) is 5.47. The van der Waals surface area contributed by atoms with Crippen molar-refractivity contribution >= 4 is 17.9 Å². The van der Waals surface area contributed by atoms with Gasteiger partial charge in [0.15, 0.2) is 12.1 Å². The summed E-state index contributed by atoms with van der Waals surface area (Å²) in [4.78, 5) is 36.7. The molecule has 0 aromatic rings. The second-order valence-electron chi connectivity index (χ2n) is 13.8. The van der Waals surface area contributed by atoms with Crippen LogP contribution in [0.4, 0.5) is 0 Å². The Kier molecular flexibility index (Phi) is 31.7. The molecule has 0 saturated heterocycles. The fourth-order valence-corrected chi connectivity index (χ4v) is 5.10. The Morgan fingerprint density at radius 1 is 0.627 bits per heavy atom. The molecule has 0 amide bonds. The van der Waals surface area contributed by atoms with Crippen molar-refractivity contribution in [2.75, 3.05) is 41.0 Å². The molecule has 290 valence electrons. The van der Waals surface area contributed by atoms with Crippen LogP contribution in [0.25, 0.3) is 0 Å². The van der Waals surface area contributed by atoms with Crippen LogP contribution in [0, 0.1) is 0 Å². The van der Waals surface area contributed by atoms with E-state index in [4.69, 9.17) is 14.2 Å². The van der Waals surface area contributed by atoms with Crippen LogP contribution in [0.15, 0.2) is 72.9 Å². The lowest BCUT2D eigenvalue weighted by Gasteiger charge is -2.31. The molecular weight excluding hydrogens is 642 g/mol. The summed E-state index contributed by atoms with van der Waals surface area (Å²) in [6.07, 6.45) is 41.2. The first-order valence-electron chi connectivity index (χ1n) is 19.5. The Balaban J connectivity index is 4.60. The Morgan fingerprint density at radius 2 is 1.16 bits per heavy atom. The zero-order chi connectivity index (χ0) is 37.8.